The Morgan fingerprint density at radius 3 is 2.62 bits per heavy atom. The highest BCUT2D eigenvalue weighted by molar-refractivity contribution is 6.30. The molecule has 0 saturated heterocycles. The van der Waals surface area contributed by atoms with E-state index in [1.54, 1.807) is 32.0 Å². The van der Waals surface area contributed by atoms with E-state index < -0.39 is 12.1 Å². The zero-order valence-corrected chi connectivity index (χ0v) is 17.2. The topological polar surface area (TPSA) is 88.8 Å². The van der Waals surface area contributed by atoms with Gasteiger partial charge in [0.1, 0.15) is 17.6 Å². The first kappa shape index (κ1) is 22.5. The number of hydrogen-bond acceptors (Lipinski definition) is 5. The van der Waals surface area contributed by atoms with E-state index in [2.05, 4.69) is 6.07 Å². The number of halogens is 1. The van der Waals surface area contributed by atoms with E-state index in [4.69, 9.17) is 31.1 Å². The molecule has 0 aliphatic heterocycles. The first-order valence-corrected chi connectivity index (χ1v) is 9.69. The van der Waals surface area contributed by atoms with Gasteiger partial charge in [-0.05, 0) is 49.7 Å². The number of nitrogens with zero attached hydrogens (tertiary/aromatic N) is 1. The molecule has 2 aromatic carbocycles. The zero-order chi connectivity index (χ0) is 21.2. The largest absolute Gasteiger partial charge is 0.493 e. The number of rotatable bonds is 11. The average Bonchev–Trinajstić information content (AvgIpc) is 2.68. The van der Waals surface area contributed by atoms with Crippen LogP contribution in [0.15, 0.2) is 42.5 Å². The van der Waals surface area contributed by atoms with Gasteiger partial charge in [-0.1, -0.05) is 23.7 Å². The highest BCUT2D eigenvalue weighted by atomic mass is 35.5. The molecule has 0 fully saturated rings. The van der Waals surface area contributed by atoms with Gasteiger partial charge < -0.3 is 19.3 Å². The van der Waals surface area contributed by atoms with Crippen LogP contribution < -0.4 is 9.47 Å². The summed E-state index contributed by atoms with van der Waals surface area (Å²) in [5.41, 5.74) is 1.22. The fourth-order valence-electron chi connectivity index (χ4n) is 2.64. The molecular formula is C22H24ClNO5. The summed E-state index contributed by atoms with van der Waals surface area (Å²) in [7, 11) is 0. The monoisotopic (exact) mass is 417 g/mol. The number of nitriles is 1. The van der Waals surface area contributed by atoms with E-state index in [0.717, 1.165) is 5.56 Å². The minimum absolute atomic E-state index is 0.169. The fourth-order valence-corrected chi connectivity index (χ4v) is 2.82. The molecule has 0 aliphatic carbocycles. The van der Waals surface area contributed by atoms with Crippen molar-refractivity contribution in [3.05, 3.63) is 58.6 Å². The van der Waals surface area contributed by atoms with Gasteiger partial charge in [0.15, 0.2) is 6.10 Å². The summed E-state index contributed by atoms with van der Waals surface area (Å²) in [5.74, 6) is 0.158. The Hall–Kier alpha value is -2.75. The van der Waals surface area contributed by atoms with E-state index >= 15 is 0 Å². The molecule has 1 atom stereocenters. The van der Waals surface area contributed by atoms with Crippen LogP contribution in [-0.4, -0.2) is 36.5 Å². The molecule has 1 N–H and O–H groups in total. The first-order valence-electron chi connectivity index (χ1n) is 9.31. The van der Waals surface area contributed by atoms with Gasteiger partial charge in [-0.3, -0.25) is 0 Å². The molecular weight excluding hydrogens is 394 g/mol. The van der Waals surface area contributed by atoms with Crippen LogP contribution in [0.3, 0.4) is 0 Å². The Morgan fingerprint density at radius 2 is 1.93 bits per heavy atom. The molecule has 0 saturated carbocycles. The van der Waals surface area contributed by atoms with E-state index in [9.17, 15) is 9.90 Å². The SMILES string of the molecule is CC(C)O[C@@H](Cc1cccc(OCCCOc2ccc(Cl)cc2C#N)c1)C(=O)O. The summed E-state index contributed by atoms with van der Waals surface area (Å²) >= 11 is 5.87. The van der Waals surface area contributed by atoms with Crippen LogP contribution in [0.1, 0.15) is 31.4 Å². The van der Waals surface area contributed by atoms with E-state index in [1.807, 2.05) is 24.3 Å². The molecule has 6 nitrogen and oxygen atoms in total. The predicted molar refractivity (Wildman–Crippen MR) is 110 cm³/mol. The lowest BCUT2D eigenvalue weighted by atomic mass is 10.1. The molecule has 0 amide bonds. The fraction of sp³-hybridized carbons (Fsp3) is 0.364. The van der Waals surface area contributed by atoms with Crippen LogP contribution in [-0.2, 0) is 16.0 Å². The lowest BCUT2D eigenvalue weighted by Crippen LogP contribution is -2.29. The second-order valence-electron chi connectivity index (χ2n) is 6.67. The van der Waals surface area contributed by atoms with Crippen molar-refractivity contribution in [2.75, 3.05) is 13.2 Å². The van der Waals surface area contributed by atoms with Gasteiger partial charge in [0.2, 0.25) is 0 Å². The average molecular weight is 418 g/mol. The number of benzene rings is 2. The standard InChI is InChI=1S/C22H24ClNO5/c1-15(2)29-21(22(25)26)12-16-5-3-6-19(11-16)27-9-4-10-28-20-8-7-18(23)13-17(20)14-24/h3,5-8,11,13,15,21H,4,9-10,12H2,1-2H3,(H,25,26)/t21-/m0/s1. The van der Waals surface area contributed by atoms with Crippen molar-refractivity contribution in [2.24, 2.45) is 0 Å². The number of hydrogen-bond donors (Lipinski definition) is 1. The zero-order valence-electron chi connectivity index (χ0n) is 16.4. The first-order chi connectivity index (χ1) is 13.9. The number of carboxylic acids is 1. The van der Waals surface area contributed by atoms with Crippen molar-refractivity contribution >= 4 is 17.6 Å². The van der Waals surface area contributed by atoms with Crippen molar-refractivity contribution in [3.63, 3.8) is 0 Å². The van der Waals surface area contributed by atoms with Gasteiger partial charge in [-0.25, -0.2) is 4.79 Å². The second-order valence-corrected chi connectivity index (χ2v) is 7.10. The van der Waals surface area contributed by atoms with Crippen molar-refractivity contribution in [1.82, 2.24) is 0 Å². The lowest BCUT2D eigenvalue weighted by molar-refractivity contribution is -0.153. The van der Waals surface area contributed by atoms with Gasteiger partial charge in [0, 0.05) is 17.9 Å². The normalized spacial score (nSPS) is 11.7. The van der Waals surface area contributed by atoms with E-state index in [0.29, 0.717) is 41.7 Å². The summed E-state index contributed by atoms with van der Waals surface area (Å²) in [5, 5.41) is 18.9. The molecule has 0 heterocycles. The van der Waals surface area contributed by atoms with Gasteiger partial charge in [-0.2, -0.15) is 5.26 Å². The predicted octanol–water partition coefficient (Wildman–Crippen LogP) is 4.48. The lowest BCUT2D eigenvalue weighted by Gasteiger charge is -2.17. The van der Waals surface area contributed by atoms with Crippen molar-refractivity contribution < 1.29 is 24.1 Å². The van der Waals surface area contributed by atoms with Crippen molar-refractivity contribution in [3.8, 4) is 17.6 Å². The summed E-state index contributed by atoms with van der Waals surface area (Å²) in [6, 6.07) is 14.3. The number of carboxylic acid groups (broad SMARTS) is 1. The van der Waals surface area contributed by atoms with Crippen LogP contribution in [0, 0.1) is 11.3 Å². The number of carbonyl (C=O) groups is 1. The molecule has 0 aromatic heterocycles. The second kappa shape index (κ2) is 11.3. The Labute approximate surface area is 175 Å². The van der Waals surface area contributed by atoms with Crippen LogP contribution in [0.25, 0.3) is 0 Å². The molecule has 2 rings (SSSR count). The van der Waals surface area contributed by atoms with Gasteiger partial charge in [0.25, 0.3) is 0 Å². The summed E-state index contributed by atoms with van der Waals surface area (Å²) in [6.07, 6.45) is -0.183. The Kier molecular flexibility index (Phi) is 8.78. The van der Waals surface area contributed by atoms with Gasteiger partial charge in [0.05, 0.1) is 24.9 Å². The molecule has 0 unspecified atom stereocenters. The smallest absolute Gasteiger partial charge is 0.333 e. The highest BCUT2D eigenvalue weighted by Gasteiger charge is 2.20. The quantitative estimate of drug-likeness (QED) is 0.542. The summed E-state index contributed by atoms with van der Waals surface area (Å²) < 4.78 is 16.8. The summed E-state index contributed by atoms with van der Waals surface area (Å²) in [6.45, 7) is 4.42. The molecule has 7 heteroatoms. The molecule has 0 radical (unpaired) electrons. The molecule has 2 aromatic rings. The van der Waals surface area contributed by atoms with Crippen LogP contribution in [0.5, 0.6) is 11.5 Å². The molecule has 0 spiro atoms. The third kappa shape index (κ3) is 7.65. The molecule has 154 valence electrons. The summed E-state index contributed by atoms with van der Waals surface area (Å²) in [4.78, 5) is 11.4. The third-order valence-corrected chi connectivity index (χ3v) is 4.14. The Bertz CT molecular complexity index is 863. The third-order valence-electron chi connectivity index (χ3n) is 3.91. The van der Waals surface area contributed by atoms with Gasteiger partial charge in [-0.15, -0.1) is 0 Å². The number of aliphatic carboxylic acids is 1. The maximum absolute atomic E-state index is 11.4. The number of ether oxygens (including phenoxy) is 3. The Morgan fingerprint density at radius 1 is 1.17 bits per heavy atom. The van der Waals surface area contributed by atoms with Crippen molar-refractivity contribution in [2.45, 2.75) is 38.9 Å². The minimum Gasteiger partial charge on any atom is -0.493 e. The maximum Gasteiger partial charge on any atom is 0.333 e. The molecule has 0 aliphatic rings. The van der Waals surface area contributed by atoms with Crippen LogP contribution >= 0.6 is 11.6 Å². The van der Waals surface area contributed by atoms with Crippen molar-refractivity contribution in [1.29, 1.82) is 5.26 Å². The highest BCUT2D eigenvalue weighted by Crippen LogP contribution is 2.22. The van der Waals surface area contributed by atoms with E-state index in [-0.39, 0.29) is 12.5 Å². The minimum atomic E-state index is -0.985. The van der Waals surface area contributed by atoms with Gasteiger partial charge >= 0.3 is 5.97 Å². The van der Waals surface area contributed by atoms with Crippen LogP contribution in [0.2, 0.25) is 5.02 Å². The molecule has 0 bridgehead atoms. The van der Waals surface area contributed by atoms with Crippen LogP contribution in [0.4, 0.5) is 0 Å². The van der Waals surface area contributed by atoms with E-state index in [1.165, 1.54) is 0 Å². The maximum atomic E-state index is 11.4. The molecule has 29 heavy (non-hydrogen) atoms. The Balaban J connectivity index is 1.82.